The first-order valence-corrected chi connectivity index (χ1v) is 6.85. The second kappa shape index (κ2) is 5.74. The zero-order valence-corrected chi connectivity index (χ0v) is 11.5. The normalized spacial score (nSPS) is 10.8. The number of nitrogens with zero attached hydrogens (tertiary/aromatic N) is 3. The van der Waals surface area contributed by atoms with Crippen LogP contribution in [0.15, 0.2) is 48.8 Å². The average molecular weight is 267 g/mol. The molecule has 2 aromatic carbocycles. The van der Waals surface area contributed by atoms with Crippen LogP contribution in [0.2, 0.25) is 0 Å². The molecule has 4 nitrogen and oxygen atoms in total. The number of hydrogen-bond acceptors (Lipinski definition) is 3. The maximum atomic E-state index is 5.93. The predicted molar refractivity (Wildman–Crippen MR) is 78.6 cm³/mol. The molecule has 3 aromatic rings. The summed E-state index contributed by atoms with van der Waals surface area (Å²) in [4.78, 5) is 4.26. The van der Waals surface area contributed by atoms with E-state index in [2.05, 4.69) is 35.2 Å². The molecule has 0 aliphatic rings. The zero-order valence-electron chi connectivity index (χ0n) is 11.5. The second-order valence-electron chi connectivity index (χ2n) is 4.67. The molecule has 4 heteroatoms. The summed E-state index contributed by atoms with van der Waals surface area (Å²) in [5, 5.41) is 6.51. The van der Waals surface area contributed by atoms with Crippen LogP contribution >= 0.6 is 0 Å². The summed E-state index contributed by atoms with van der Waals surface area (Å²) in [7, 11) is 0. The number of fused-ring (bicyclic) bond motifs is 1. The zero-order chi connectivity index (χ0) is 13.8. The van der Waals surface area contributed by atoms with Crippen molar-refractivity contribution in [3.8, 4) is 5.75 Å². The van der Waals surface area contributed by atoms with Gasteiger partial charge in [-0.25, -0.2) is 9.67 Å². The van der Waals surface area contributed by atoms with Crippen molar-refractivity contribution < 1.29 is 4.74 Å². The molecule has 102 valence electrons. The second-order valence-corrected chi connectivity index (χ2v) is 4.67. The van der Waals surface area contributed by atoms with Crippen LogP contribution in [0, 0.1) is 0 Å². The minimum absolute atomic E-state index is 0.438. The Hall–Kier alpha value is -2.36. The average Bonchev–Trinajstić information content (AvgIpc) is 2.93. The van der Waals surface area contributed by atoms with Gasteiger partial charge in [0.05, 0.1) is 0 Å². The lowest BCUT2D eigenvalue weighted by molar-refractivity contribution is 0.289. The number of aryl methyl sites for hydroxylation is 1. The van der Waals surface area contributed by atoms with Crippen molar-refractivity contribution in [3.05, 3.63) is 54.6 Å². The Balaban J connectivity index is 1.81. The van der Waals surface area contributed by atoms with Crippen LogP contribution in [-0.4, -0.2) is 14.8 Å². The Kier molecular flexibility index (Phi) is 3.63. The molecule has 0 bridgehead atoms. The van der Waals surface area contributed by atoms with Crippen molar-refractivity contribution in [3.63, 3.8) is 0 Å². The van der Waals surface area contributed by atoms with Crippen molar-refractivity contribution in [1.29, 1.82) is 0 Å². The number of ether oxygens (including phenoxy) is 1. The Morgan fingerprint density at radius 3 is 2.85 bits per heavy atom. The van der Waals surface area contributed by atoms with E-state index in [-0.39, 0.29) is 0 Å². The van der Waals surface area contributed by atoms with E-state index in [1.165, 1.54) is 5.39 Å². The third-order valence-electron chi connectivity index (χ3n) is 3.24. The molecule has 1 heterocycles. The fraction of sp³-hybridized carbons (Fsp3) is 0.250. The molecular weight excluding hydrogens is 250 g/mol. The summed E-state index contributed by atoms with van der Waals surface area (Å²) in [6.07, 6.45) is 2.61. The van der Waals surface area contributed by atoms with Crippen molar-refractivity contribution in [2.45, 2.75) is 26.5 Å². The van der Waals surface area contributed by atoms with Crippen molar-refractivity contribution in [1.82, 2.24) is 14.8 Å². The summed E-state index contributed by atoms with van der Waals surface area (Å²) < 4.78 is 7.82. The Labute approximate surface area is 118 Å². The number of hydrogen-bond donors (Lipinski definition) is 0. The minimum atomic E-state index is 0.438. The summed E-state index contributed by atoms with van der Waals surface area (Å²) in [5.74, 6) is 1.74. The summed E-state index contributed by atoms with van der Waals surface area (Å²) >= 11 is 0. The predicted octanol–water partition coefficient (Wildman–Crippen LogP) is 3.42. The van der Waals surface area contributed by atoms with E-state index < -0.39 is 0 Å². The molecule has 0 fully saturated rings. The van der Waals surface area contributed by atoms with E-state index in [9.17, 15) is 0 Å². The number of rotatable bonds is 5. The largest absolute Gasteiger partial charge is 0.485 e. The van der Waals surface area contributed by atoms with E-state index in [0.29, 0.717) is 6.61 Å². The van der Waals surface area contributed by atoms with Gasteiger partial charge in [-0.3, -0.25) is 0 Å². The lowest BCUT2D eigenvalue weighted by atomic mass is 10.1. The Morgan fingerprint density at radius 1 is 1.10 bits per heavy atom. The first-order valence-electron chi connectivity index (χ1n) is 6.85. The molecule has 0 atom stereocenters. The van der Waals surface area contributed by atoms with E-state index in [4.69, 9.17) is 4.74 Å². The summed E-state index contributed by atoms with van der Waals surface area (Å²) in [5.41, 5.74) is 0. The van der Waals surface area contributed by atoms with Crippen molar-refractivity contribution in [2.24, 2.45) is 0 Å². The summed E-state index contributed by atoms with van der Waals surface area (Å²) in [6, 6.07) is 14.3. The molecular formula is C16H17N3O. The van der Waals surface area contributed by atoms with E-state index >= 15 is 0 Å². The Morgan fingerprint density at radius 2 is 1.95 bits per heavy atom. The number of aromatic nitrogens is 3. The van der Waals surface area contributed by atoms with Crippen LogP contribution in [0.25, 0.3) is 10.8 Å². The van der Waals surface area contributed by atoms with Gasteiger partial charge < -0.3 is 4.74 Å². The Bertz CT molecular complexity index is 700. The smallest absolute Gasteiger partial charge is 0.164 e. The van der Waals surface area contributed by atoms with E-state index in [0.717, 1.165) is 29.9 Å². The van der Waals surface area contributed by atoms with Gasteiger partial charge in [0, 0.05) is 11.9 Å². The van der Waals surface area contributed by atoms with Crippen molar-refractivity contribution in [2.75, 3.05) is 0 Å². The van der Waals surface area contributed by atoms with Crippen LogP contribution in [0.3, 0.4) is 0 Å². The molecule has 0 N–H and O–H groups in total. The third-order valence-corrected chi connectivity index (χ3v) is 3.24. The van der Waals surface area contributed by atoms with Gasteiger partial charge in [0.2, 0.25) is 0 Å². The first-order chi connectivity index (χ1) is 9.88. The van der Waals surface area contributed by atoms with Gasteiger partial charge in [-0.05, 0) is 17.9 Å². The molecule has 0 unspecified atom stereocenters. The van der Waals surface area contributed by atoms with Gasteiger partial charge in [0.1, 0.15) is 18.7 Å². The molecule has 0 radical (unpaired) electrons. The highest BCUT2D eigenvalue weighted by Crippen LogP contribution is 2.25. The molecule has 0 amide bonds. The highest BCUT2D eigenvalue weighted by molar-refractivity contribution is 5.88. The molecule has 20 heavy (non-hydrogen) atoms. The van der Waals surface area contributed by atoms with Gasteiger partial charge in [-0.2, -0.15) is 5.10 Å². The lowest BCUT2D eigenvalue weighted by Gasteiger charge is -2.09. The molecule has 0 spiro atoms. The van der Waals surface area contributed by atoms with Gasteiger partial charge >= 0.3 is 0 Å². The standard InChI is InChI=1S/C16H17N3O/c1-2-10-19-16(17-12-18-19)11-20-15-9-5-7-13-6-3-4-8-14(13)15/h3-9,12H,2,10-11H2,1H3. The van der Waals surface area contributed by atoms with Crippen LogP contribution in [0.1, 0.15) is 19.2 Å². The molecule has 0 saturated carbocycles. The van der Waals surface area contributed by atoms with Crippen molar-refractivity contribution >= 4 is 10.8 Å². The minimum Gasteiger partial charge on any atom is -0.485 e. The van der Waals surface area contributed by atoms with Gasteiger partial charge in [0.15, 0.2) is 5.82 Å². The van der Waals surface area contributed by atoms with Crippen LogP contribution in [-0.2, 0) is 13.2 Å². The first kappa shape index (κ1) is 12.7. The van der Waals surface area contributed by atoms with Crippen LogP contribution in [0.5, 0.6) is 5.75 Å². The molecule has 1 aromatic heterocycles. The highest BCUT2D eigenvalue weighted by Gasteiger charge is 2.06. The van der Waals surface area contributed by atoms with Crippen LogP contribution < -0.4 is 4.74 Å². The fourth-order valence-electron chi connectivity index (χ4n) is 2.26. The van der Waals surface area contributed by atoms with E-state index in [1.807, 2.05) is 28.9 Å². The third kappa shape index (κ3) is 2.50. The van der Waals surface area contributed by atoms with Crippen LogP contribution in [0.4, 0.5) is 0 Å². The SMILES string of the molecule is CCCn1ncnc1COc1cccc2ccccc12. The quantitative estimate of drug-likeness (QED) is 0.711. The van der Waals surface area contributed by atoms with E-state index in [1.54, 1.807) is 6.33 Å². The maximum absolute atomic E-state index is 5.93. The topological polar surface area (TPSA) is 39.9 Å². The molecule has 0 aliphatic carbocycles. The van der Waals surface area contributed by atoms with Gasteiger partial charge in [-0.1, -0.05) is 43.3 Å². The van der Waals surface area contributed by atoms with Gasteiger partial charge in [0.25, 0.3) is 0 Å². The summed E-state index contributed by atoms with van der Waals surface area (Å²) in [6.45, 7) is 3.43. The molecule has 0 saturated heterocycles. The lowest BCUT2D eigenvalue weighted by Crippen LogP contribution is -2.08. The highest BCUT2D eigenvalue weighted by atomic mass is 16.5. The maximum Gasteiger partial charge on any atom is 0.164 e. The number of benzene rings is 2. The molecule has 3 rings (SSSR count). The fourth-order valence-corrected chi connectivity index (χ4v) is 2.26. The monoisotopic (exact) mass is 267 g/mol. The molecule has 0 aliphatic heterocycles. The van der Waals surface area contributed by atoms with Gasteiger partial charge in [-0.15, -0.1) is 0 Å².